The van der Waals surface area contributed by atoms with Gasteiger partial charge >= 0.3 is 15.4 Å². The van der Waals surface area contributed by atoms with Gasteiger partial charge < -0.3 is 19.4 Å². The predicted molar refractivity (Wildman–Crippen MR) is 80.2 cm³/mol. The molecular weight excluding hydrogens is 334 g/mol. The standard InChI is InChI=1S/C12H24O8P2/c1-8(2)19-22(16,17)20-12-10(5-6-21(13,14)15)7-9(3)11(12)18-4/h5-6,8-12H,7H2,1-4H3,(H,16,17)(H2,13,14,15)/b6-5+/t9?,10-,11-,12+/m0/s1. The first kappa shape index (κ1) is 20.0. The largest absolute Gasteiger partial charge is 0.472 e. The Hall–Kier alpha value is -0.0400. The number of ether oxygens (including phenoxy) is 1. The highest BCUT2D eigenvalue weighted by molar-refractivity contribution is 7.55. The molecular formula is C12H24O8P2. The van der Waals surface area contributed by atoms with Crippen molar-refractivity contribution >= 4 is 15.4 Å². The first-order valence-corrected chi connectivity index (χ1v) is 10.1. The van der Waals surface area contributed by atoms with Gasteiger partial charge in [-0.1, -0.05) is 13.0 Å². The molecule has 0 radical (unpaired) electrons. The van der Waals surface area contributed by atoms with Crippen molar-refractivity contribution in [2.75, 3.05) is 7.11 Å². The molecule has 1 aliphatic carbocycles. The number of phosphoric acid groups is 1. The molecule has 10 heteroatoms. The van der Waals surface area contributed by atoms with Crippen molar-refractivity contribution < 1.29 is 37.6 Å². The number of rotatable bonds is 7. The van der Waals surface area contributed by atoms with Crippen molar-refractivity contribution in [3.05, 3.63) is 11.9 Å². The summed E-state index contributed by atoms with van der Waals surface area (Å²) in [6.45, 7) is 5.08. The summed E-state index contributed by atoms with van der Waals surface area (Å²) < 4.78 is 38.3. The van der Waals surface area contributed by atoms with Gasteiger partial charge in [-0.3, -0.25) is 13.6 Å². The zero-order valence-corrected chi connectivity index (χ0v) is 14.8. The second-order valence-electron chi connectivity index (χ2n) is 5.70. The van der Waals surface area contributed by atoms with E-state index in [-0.39, 0.29) is 5.92 Å². The van der Waals surface area contributed by atoms with Crippen molar-refractivity contribution in [2.24, 2.45) is 11.8 Å². The van der Waals surface area contributed by atoms with Crippen LogP contribution in [0.15, 0.2) is 11.9 Å². The minimum absolute atomic E-state index is 0.000436. The molecule has 22 heavy (non-hydrogen) atoms. The Labute approximate surface area is 130 Å². The van der Waals surface area contributed by atoms with Crippen LogP contribution in [0.5, 0.6) is 0 Å². The summed E-state index contributed by atoms with van der Waals surface area (Å²) in [5.74, 6) is 0.328. The highest BCUT2D eigenvalue weighted by Crippen LogP contribution is 2.51. The minimum atomic E-state index is -4.31. The number of methoxy groups -OCH3 is 1. The third-order valence-corrected chi connectivity index (χ3v) is 5.11. The molecule has 0 heterocycles. The SMILES string of the molecule is CO[C@H]1C(C)C[C@H](/C=C/P(=O)(O)O)[C@H]1OP(=O)(O)OC(C)C. The Balaban J connectivity index is 2.95. The molecule has 1 aliphatic rings. The molecule has 0 amide bonds. The molecule has 8 nitrogen and oxygen atoms in total. The van der Waals surface area contributed by atoms with Gasteiger partial charge in [0.1, 0.15) is 6.10 Å². The van der Waals surface area contributed by atoms with E-state index in [1.165, 1.54) is 13.2 Å². The maximum Gasteiger partial charge on any atom is 0.472 e. The molecule has 3 N–H and O–H groups in total. The van der Waals surface area contributed by atoms with E-state index in [0.717, 1.165) is 5.82 Å². The quantitative estimate of drug-likeness (QED) is 0.592. The summed E-state index contributed by atoms with van der Waals surface area (Å²) in [5.41, 5.74) is 0. The van der Waals surface area contributed by atoms with Crippen LogP contribution in [0.1, 0.15) is 27.2 Å². The van der Waals surface area contributed by atoms with Crippen LogP contribution in [0, 0.1) is 11.8 Å². The first-order valence-electron chi connectivity index (χ1n) is 6.92. The molecule has 130 valence electrons. The third kappa shape index (κ3) is 6.22. The van der Waals surface area contributed by atoms with E-state index in [4.69, 9.17) is 23.6 Å². The normalized spacial score (nSPS) is 32.7. The highest BCUT2D eigenvalue weighted by Gasteiger charge is 2.45. The lowest BCUT2D eigenvalue weighted by Gasteiger charge is -2.26. The van der Waals surface area contributed by atoms with Crippen LogP contribution in [0.3, 0.4) is 0 Å². The Morgan fingerprint density at radius 2 is 1.77 bits per heavy atom. The fraction of sp³-hybridized carbons (Fsp3) is 0.833. The molecule has 0 spiro atoms. The summed E-state index contributed by atoms with van der Waals surface area (Å²) in [4.78, 5) is 27.6. The van der Waals surface area contributed by atoms with Gasteiger partial charge in [0.15, 0.2) is 0 Å². The Kier molecular flexibility index (Phi) is 6.99. The van der Waals surface area contributed by atoms with Crippen LogP contribution in [0.25, 0.3) is 0 Å². The molecule has 0 aromatic heterocycles. The van der Waals surface area contributed by atoms with Crippen molar-refractivity contribution in [1.29, 1.82) is 0 Å². The van der Waals surface area contributed by atoms with E-state index in [1.807, 2.05) is 6.92 Å². The molecule has 0 aromatic carbocycles. The lowest BCUT2D eigenvalue weighted by Crippen LogP contribution is -2.31. The van der Waals surface area contributed by atoms with Gasteiger partial charge in [0.05, 0.1) is 12.2 Å². The average molecular weight is 358 g/mol. The van der Waals surface area contributed by atoms with Gasteiger partial charge in [0.25, 0.3) is 0 Å². The second kappa shape index (κ2) is 7.69. The first-order chi connectivity index (χ1) is 9.95. The van der Waals surface area contributed by atoms with Crippen LogP contribution in [-0.4, -0.2) is 40.1 Å². The van der Waals surface area contributed by atoms with Crippen LogP contribution in [0.2, 0.25) is 0 Å². The fourth-order valence-electron chi connectivity index (χ4n) is 2.63. The second-order valence-corrected chi connectivity index (χ2v) is 8.54. The lowest BCUT2D eigenvalue weighted by molar-refractivity contribution is -0.0239. The predicted octanol–water partition coefficient (Wildman–Crippen LogP) is 2.26. The van der Waals surface area contributed by atoms with E-state index >= 15 is 0 Å². The van der Waals surface area contributed by atoms with Gasteiger partial charge in [0, 0.05) is 18.8 Å². The van der Waals surface area contributed by atoms with Crippen molar-refractivity contribution in [2.45, 2.75) is 45.5 Å². The summed E-state index contributed by atoms with van der Waals surface area (Å²) >= 11 is 0. The number of hydrogen-bond acceptors (Lipinski definition) is 5. The monoisotopic (exact) mass is 358 g/mol. The Morgan fingerprint density at radius 3 is 2.23 bits per heavy atom. The van der Waals surface area contributed by atoms with E-state index in [9.17, 15) is 14.0 Å². The topological polar surface area (TPSA) is 123 Å². The summed E-state index contributed by atoms with van der Waals surface area (Å²) in [6, 6.07) is 0. The van der Waals surface area contributed by atoms with E-state index in [2.05, 4.69) is 0 Å². The molecule has 0 bridgehead atoms. The van der Waals surface area contributed by atoms with Crippen LogP contribution in [-0.2, 0) is 22.9 Å². The van der Waals surface area contributed by atoms with Crippen molar-refractivity contribution in [1.82, 2.24) is 0 Å². The summed E-state index contributed by atoms with van der Waals surface area (Å²) in [5, 5.41) is 0. The molecule has 5 atom stereocenters. The molecule has 0 aromatic rings. The van der Waals surface area contributed by atoms with Gasteiger partial charge in [-0.2, -0.15) is 0 Å². The molecule has 0 saturated heterocycles. The van der Waals surface area contributed by atoms with Crippen LogP contribution < -0.4 is 0 Å². The Morgan fingerprint density at radius 1 is 1.18 bits per heavy atom. The summed E-state index contributed by atoms with van der Waals surface area (Å²) in [7, 11) is -7.13. The maximum absolute atomic E-state index is 12.0. The zero-order chi connectivity index (χ0) is 17.1. The van der Waals surface area contributed by atoms with Crippen LogP contribution in [0.4, 0.5) is 0 Å². The van der Waals surface area contributed by atoms with Gasteiger partial charge in [0.2, 0.25) is 0 Å². The van der Waals surface area contributed by atoms with Gasteiger partial charge in [-0.05, 0) is 26.2 Å². The van der Waals surface area contributed by atoms with E-state index in [1.54, 1.807) is 13.8 Å². The summed E-state index contributed by atoms with van der Waals surface area (Å²) in [6.07, 6.45) is 0.0392. The lowest BCUT2D eigenvalue weighted by atomic mass is 10.1. The van der Waals surface area contributed by atoms with E-state index < -0.39 is 39.6 Å². The highest BCUT2D eigenvalue weighted by atomic mass is 31.2. The number of phosphoric ester groups is 1. The minimum Gasteiger partial charge on any atom is -0.378 e. The Bertz CT molecular complexity index is 486. The van der Waals surface area contributed by atoms with Crippen LogP contribution >= 0.6 is 15.4 Å². The molecule has 0 aliphatic heterocycles. The molecule has 2 unspecified atom stereocenters. The van der Waals surface area contributed by atoms with E-state index in [0.29, 0.717) is 6.42 Å². The fourth-order valence-corrected chi connectivity index (χ4v) is 4.24. The molecule has 1 fully saturated rings. The number of hydrogen-bond donors (Lipinski definition) is 3. The van der Waals surface area contributed by atoms with Crippen molar-refractivity contribution in [3.63, 3.8) is 0 Å². The average Bonchev–Trinajstić information content (AvgIpc) is 2.59. The van der Waals surface area contributed by atoms with Crippen molar-refractivity contribution in [3.8, 4) is 0 Å². The maximum atomic E-state index is 12.0. The third-order valence-electron chi connectivity index (χ3n) is 3.35. The smallest absolute Gasteiger partial charge is 0.378 e. The van der Waals surface area contributed by atoms with Gasteiger partial charge in [-0.15, -0.1) is 0 Å². The van der Waals surface area contributed by atoms with Gasteiger partial charge in [-0.25, -0.2) is 4.57 Å². The molecule has 1 saturated carbocycles. The molecule has 1 rings (SSSR count). The zero-order valence-electron chi connectivity index (χ0n) is 13.0.